The third-order valence-electron chi connectivity index (χ3n) is 6.05. The van der Waals surface area contributed by atoms with Gasteiger partial charge in [-0.25, -0.2) is 0 Å². The molecule has 4 rings (SSSR count). The second kappa shape index (κ2) is 7.67. The lowest BCUT2D eigenvalue weighted by atomic mass is 9.69. The lowest BCUT2D eigenvalue weighted by Gasteiger charge is -2.46. The summed E-state index contributed by atoms with van der Waals surface area (Å²) in [5, 5.41) is 4.48. The second-order valence-electron chi connectivity index (χ2n) is 7.89. The highest BCUT2D eigenvalue weighted by Gasteiger charge is 2.48. The fourth-order valence-electron chi connectivity index (χ4n) is 4.79. The Morgan fingerprint density at radius 3 is 2.73 bits per heavy atom. The fourth-order valence-corrected chi connectivity index (χ4v) is 5.00. The summed E-state index contributed by atoms with van der Waals surface area (Å²) in [6.45, 7) is 2.57. The Labute approximate surface area is 161 Å². The van der Waals surface area contributed by atoms with E-state index in [2.05, 4.69) is 23.5 Å². The minimum atomic E-state index is 0.0441. The van der Waals surface area contributed by atoms with E-state index in [1.54, 1.807) is 0 Å². The summed E-state index contributed by atoms with van der Waals surface area (Å²) in [6.07, 6.45) is 8.97. The average Bonchev–Trinajstić information content (AvgIpc) is 3.10. The molecule has 0 bridgehead atoms. The molecule has 138 valence electrons. The molecule has 2 aromatic rings. The van der Waals surface area contributed by atoms with Gasteiger partial charge in [-0.2, -0.15) is 0 Å². The number of hydrogen-bond acceptors (Lipinski definition) is 3. The van der Waals surface area contributed by atoms with Crippen LogP contribution in [0.5, 0.6) is 0 Å². The van der Waals surface area contributed by atoms with Crippen LogP contribution in [0.4, 0.5) is 0 Å². The van der Waals surface area contributed by atoms with E-state index >= 15 is 0 Å². The Morgan fingerprint density at radius 2 is 1.96 bits per heavy atom. The molecule has 1 atom stereocenters. The number of nitrogens with zero attached hydrogens (tertiary/aromatic N) is 1. The van der Waals surface area contributed by atoms with Crippen molar-refractivity contribution in [1.82, 2.24) is 10.3 Å². The van der Waals surface area contributed by atoms with Crippen LogP contribution in [0.2, 0.25) is 5.02 Å². The molecule has 1 saturated carbocycles. The van der Waals surface area contributed by atoms with Crippen molar-refractivity contribution in [2.24, 2.45) is 0 Å². The summed E-state index contributed by atoms with van der Waals surface area (Å²) in [7, 11) is 0. The Kier molecular flexibility index (Phi) is 5.30. The maximum Gasteiger partial charge on any atom is 0.0692 e. The van der Waals surface area contributed by atoms with E-state index < -0.39 is 0 Å². The number of ether oxygens (including phenoxy) is 1. The fraction of sp³-hybridized carbons (Fsp3) is 0.500. The van der Waals surface area contributed by atoms with Crippen LogP contribution in [0.1, 0.15) is 49.8 Å². The quantitative estimate of drug-likeness (QED) is 0.813. The molecule has 1 aliphatic carbocycles. The minimum absolute atomic E-state index is 0.0441. The standard InChI is InChI=1S/C22H27ClN2O/c23-19-7-5-6-18(14-19)15-24-17-21(20-8-1-4-12-25-20)11-13-26-22(16-21)9-2-3-10-22/h1,4-8,12,14,24H,2-3,9-11,13,15-17H2. The molecular formula is C22H27ClN2O. The van der Waals surface area contributed by atoms with Gasteiger partial charge in [-0.3, -0.25) is 4.98 Å². The minimum Gasteiger partial charge on any atom is -0.375 e. The van der Waals surface area contributed by atoms with Crippen molar-refractivity contribution in [2.45, 2.75) is 56.1 Å². The van der Waals surface area contributed by atoms with Crippen molar-refractivity contribution in [3.8, 4) is 0 Å². The highest BCUT2D eigenvalue weighted by Crippen LogP contribution is 2.47. The van der Waals surface area contributed by atoms with Gasteiger partial charge in [0.15, 0.2) is 0 Å². The number of aromatic nitrogens is 1. The molecule has 1 aliphatic heterocycles. The molecule has 4 heteroatoms. The van der Waals surface area contributed by atoms with Gasteiger partial charge < -0.3 is 10.1 Å². The molecule has 1 aromatic carbocycles. The smallest absolute Gasteiger partial charge is 0.0692 e. The Bertz CT molecular complexity index is 730. The SMILES string of the molecule is Clc1cccc(CNCC2(c3ccccn3)CCOC3(CCCC3)C2)c1. The van der Waals surface area contributed by atoms with E-state index in [9.17, 15) is 0 Å². The highest BCUT2D eigenvalue weighted by molar-refractivity contribution is 6.30. The number of pyridine rings is 1. The molecule has 26 heavy (non-hydrogen) atoms. The average molecular weight is 371 g/mol. The van der Waals surface area contributed by atoms with Gasteiger partial charge >= 0.3 is 0 Å². The van der Waals surface area contributed by atoms with Crippen molar-refractivity contribution in [2.75, 3.05) is 13.2 Å². The first-order valence-electron chi connectivity index (χ1n) is 9.71. The topological polar surface area (TPSA) is 34.2 Å². The third-order valence-corrected chi connectivity index (χ3v) is 6.29. The van der Waals surface area contributed by atoms with Gasteiger partial charge in [0.05, 0.1) is 5.60 Å². The molecule has 0 radical (unpaired) electrons. The second-order valence-corrected chi connectivity index (χ2v) is 8.33. The van der Waals surface area contributed by atoms with E-state index in [-0.39, 0.29) is 11.0 Å². The summed E-state index contributed by atoms with van der Waals surface area (Å²) in [6, 6.07) is 14.4. The number of rotatable bonds is 5. The summed E-state index contributed by atoms with van der Waals surface area (Å²) < 4.78 is 6.31. The van der Waals surface area contributed by atoms with Crippen molar-refractivity contribution < 1.29 is 4.74 Å². The van der Waals surface area contributed by atoms with Gasteiger partial charge in [-0.15, -0.1) is 0 Å². The Balaban J connectivity index is 1.53. The predicted octanol–water partition coefficient (Wildman–Crippen LogP) is 4.89. The van der Waals surface area contributed by atoms with Gasteiger partial charge in [0.1, 0.15) is 0 Å². The number of nitrogens with one attached hydrogen (secondary N) is 1. The first-order chi connectivity index (χ1) is 12.7. The van der Waals surface area contributed by atoms with Crippen LogP contribution in [0, 0.1) is 0 Å². The highest BCUT2D eigenvalue weighted by atomic mass is 35.5. The van der Waals surface area contributed by atoms with Crippen LogP contribution >= 0.6 is 11.6 Å². The summed E-state index contributed by atoms with van der Waals surface area (Å²) in [5.41, 5.74) is 2.53. The lowest BCUT2D eigenvalue weighted by Crippen LogP contribution is -2.51. The maximum atomic E-state index is 6.31. The van der Waals surface area contributed by atoms with Crippen LogP contribution in [-0.4, -0.2) is 23.7 Å². The first-order valence-corrected chi connectivity index (χ1v) is 10.1. The molecule has 2 fully saturated rings. The largest absolute Gasteiger partial charge is 0.375 e. The van der Waals surface area contributed by atoms with E-state index in [0.29, 0.717) is 0 Å². The normalized spacial score (nSPS) is 24.8. The van der Waals surface area contributed by atoms with E-state index in [4.69, 9.17) is 21.3 Å². The number of hydrogen-bond donors (Lipinski definition) is 1. The van der Waals surface area contributed by atoms with Gasteiger partial charge in [0.2, 0.25) is 0 Å². The van der Waals surface area contributed by atoms with Crippen molar-refractivity contribution in [1.29, 1.82) is 0 Å². The molecular weight excluding hydrogens is 344 g/mol. The van der Waals surface area contributed by atoms with E-state index in [0.717, 1.165) is 37.6 Å². The van der Waals surface area contributed by atoms with Gasteiger partial charge in [-0.1, -0.05) is 42.6 Å². The summed E-state index contributed by atoms with van der Waals surface area (Å²) in [4.78, 5) is 4.75. The monoisotopic (exact) mass is 370 g/mol. The molecule has 3 nitrogen and oxygen atoms in total. The third kappa shape index (κ3) is 3.80. The molecule has 2 aliphatic rings. The van der Waals surface area contributed by atoms with Crippen LogP contribution in [0.25, 0.3) is 0 Å². The maximum absolute atomic E-state index is 6.31. The van der Waals surface area contributed by atoms with Crippen LogP contribution < -0.4 is 5.32 Å². The lowest BCUT2D eigenvalue weighted by molar-refractivity contribution is -0.102. The van der Waals surface area contributed by atoms with Crippen LogP contribution in [0.15, 0.2) is 48.7 Å². The molecule has 0 amide bonds. The summed E-state index contributed by atoms with van der Waals surface area (Å²) in [5.74, 6) is 0. The van der Waals surface area contributed by atoms with Crippen molar-refractivity contribution >= 4 is 11.6 Å². The van der Waals surface area contributed by atoms with E-state index in [1.807, 2.05) is 30.5 Å². The van der Waals surface area contributed by atoms with Crippen molar-refractivity contribution in [3.05, 3.63) is 64.9 Å². The molecule has 1 saturated heterocycles. The first kappa shape index (κ1) is 18.0. The zero-order valence-electron chi connectivity index (χ0n) is 15.2. The Hall–Kier alpha value is -1.42. The van der Waals surface area contributed by atoms with Crippen molar-refractivity contribution in [3.63, 3.8) is 0 Å². The Morgan fingerprint density at radius 1 is 1.08 bits per heavy atom. The van der Waals surface area contributed by atoms with Gasteiger partial charge in [-0.05, 0) is 55.5 Å². The van der Waals surface area contributed by atoms with Crippen LogP contribution in [-0.2, 0) is 16.7 Å². The zero-order valence-corrected chi connectivity index (χ0v) is 16.0. The number of benzene rings is 1. The van der Waals surface area contributed by atoms with Crippen LogP contribution in [0.3, 0.4) is 0 Å². The van der Waals surface area contributed by atoms with Gasteiger partial charge in [0.25, 0.3) is 0 Å². The molecule has 1 aromatic heterocycles. The van der Waals surface area contributed by atoms with Gasteiger partial charge in [0, 0.05) is 42.0 Å². The number of halogens is 1. The molecule has 1 N–H and O–H groups in total. The van der Waals surface area contributed by atoms with E-state index in [1.165, 1.54) is 36.9 Å². The summed E-state index contributed by atoms with van der Waals surface area (Å²) >= 11 is 6.12. The molecule has 1 unspecified atom stereocenters. The molecule has 1 spiro atoms. The molecule has 2 heterocycles. The predicted molar refractivity (Wildman–Crippen MR) is 105 cm³/mol. The zero-order chi connectivity index (χ0) is 17.9.